The van der Waals surface area contributed by atoms with E-state index in [1.54, 1.807) is 0 Å². The van der Waals surface area contributed by atoms with Crippen LogP contribution in [0.5, 0.6) is 5.75 Å². The predicted octanol–water partition coefficient (Wildman–Crippen LogP) is 0.557. The molecule has 1 rings (SSSR count). The second kappa shape index (κ2) is 7.28. The molecule has 0 aliphatic heterocycles. The van der Waals surface area contributed by atoms with Crippen LogP contribution in [-0.4, -0.2) is 32.0 Å². The number of anilines is 1. The van der Waals surface area contributed by atoms with E-state index < -0.39 is 10.0 Å². The Bertz CT molecular complexity index is 601. The van der Waals surface area contributed by atoms with Crippen molar-refractivity contribution in [3.8, 4) is 5.75 Å². The molecule has 21 heavy (non-hydrogen) atoms. The molecule has 1 unspecified atom stereocenters. The van der Waals surface area contributed by atoms with Crippen LogP contribution < -0.4 is 15.8 Å². The number of hydrogen-bond donors (Lipinski definition) is 4. The Balaban J connectivity index is 2.57. The van der Waals surface area contributed by atoms with Crippen molar-refractivity contribution < 1.29 is 18.3 Å². The Labute approximate surface area is 124 Å². The van der Waals surface area contributed by atoms with Crippen LogP contribution in [0, 0.1) is 0 Å². The van der Waals surface area contributed by atoms with Crippen LogP contribution in [-0.2, 0) is 14.8 Å². The summed E-state index contributed by atoms with van der Waals surface area (Å²) < 4.78 is 26.3. The summed E-state index contributed by atoms with van der Waals surface area (Å²) in [5.74, 6) is -0.390. The molecule has 0 saturated carbocycles. The maximum Gasteiger partial charge on any atom is 0.240 e. The average molecular weight is 315 g/mol. The quantitative estimate of drug-likeness (QED) is 0.432. The summed E-state index contributed by atoms with van der Waals surface area (Å²) >= 11 is 0. The fraction of sp³-hybridized carbons (Fsp3) is 0.462. The molecule has 8 heteroatoms. The molecule has 118 valence electrons. The molecule has 1 aromatic rings. The summed E-state index contributed by atoms with van der Waals surface area (Å²) in [5.41, 5.74) is 5.44. The van der Waals surface area contributed by atoms with Crippen LogP contribution in [0.1, 0.15) is 26.7 Å². The van der Waals surface area contributed by atoms with Crippen molar-refractivity contribution in [2.24, 2.45) is 0 Å². The van der Waals surface area contributed by atoms with Gasteiger partial charge in [0.1, 0.15) is 5.75 Å². The van der Waals surface area contributed by atoms with Gasteiger partial charge in [-0.1, -0.05) is 6.92 Å². The van der Waals surface area contributed by atoms with E-state index in [4.69, 9.17) is 5.73 Å². The normalized spacial score (nSPS) is 12.9. The first-order valence-electron chi connectivity index (χ1n) is 6.63. The van der Waals surface area contributed by atoms with Gasteiger partial charge in [0.2, 0.25) is 15.9 Å². The molecular formula is C13H21N3O4S. The number of amides is 1. The highest BCUT2D eigenvalue weighted by Crippen LogP contribution is 2.22. The third kappa shape index (κ3) is 5.24. The lowest BCUT2D eigenvalue weighted by Gasteiger charge is -2.12. The summed E-state index contributed by atoms with van der Waals surface area (Å²) in [7, 11) is -3.75. The summed E-state index contributed by atoms with van der Waals surface area (Å²) in [6.45, 7) is 3.82. The zero-order valence-corrected chi connectivity index (χ0v) is 12.9. The van der Waals surface area contributed by atoms with Gasteiger partial charge in [-0.15, -0.1) is 0 Å². The van der Waals surface area contributed by atoms with Crippen molar-refractivity contribution in [1.82, 2.24) is 10.0 Å². The van der Waals surface area contributed by atoms with Gasteiger partial charge in [0, 0.05) is 19.0 Å². The first kappa shape index (κ1) is 17.3. The van der Waals surface area contributed by atoms with Crippen LogP contribution in [0.15, 0.2) is 23.1 Å². The number of carbonyl (C=O) groups is 1. The van der Waals surface area contributed by atoms with Crippen LogP contribution in [0.4, 0.5) is 5.69 Å². The Morgan fingerprint density at radius 3 is 2.67 bits per heavy atom. The number of nitrogens with one attached hydrogen (secondary N) is 2. The highest BCUT2D eigenvalue weighted by Gasteiger charge is 2.15. The van der Waals surface area contributed by atoms with Gasteiger partial charge in [0.15, 0.2) is 0 Å². The Morgan fingerprint density at radius 2 is 2.10 bits per heavy atom. The molecule has 0 radical (unpaired) electrons. The SMILES string of the molecule is CCC(C)NC(=O)CCNS(=O)(=O)c1ccc(O)c(N)c1. The van der Waals surface area contributed by atoms with Crippen LogP contribution >= 0.6 is 0 Å². The molecule has 0 fully saturated rings. The average Bonchev–Trinajstić information content (AvgIpc) is 2.41. The molecule has 0 heterocycles. The van der Waals surface area contributed by atoms with Crippen molar-refractivity contribution >= 4 is 21.6 Å². The van der Waals surface area contributed by atoms with E-state index in [9.17, 15) is 18.3 Å². The maximum atomic E-state index is 12.0. The third-order valence-corrected chi connectivity index (χ3v) is 4.43. The lowest BCUT2D eigenvalue weighted by Crippen LogP contribution is -2.35. The van der Waals surface area contributed by atoms with Gasteiger partial charge in [-0.25, -0.2) is 13.1 Å². The number of phenolic OH excluding ortho intramolecular Hbond substituents is 1. The first-order chi connectivity index (χ1) is 9.76. The smallest absolute Gasteiger partial charge is 0.240 e. The highest BCUT2D eigenvalue weighted by molar-refractivity contribution is 7.89. The van der Waals surface area contributed by atoms with Gasteiger partial charge in [0.05, 0.1) is 10.6 Å². The molecule has 1 amide bonds. The number of nitrogen functional groups attached to an aromatic ring is 1. The molecule has 0 spiro atoms. The number of nitrogens with two attached hydrogens (primary N) is 1. The standard InChI is InChI=1S/C13H21N3O4S/c1-3-9(2)16-13(18)6-7-15-21(19,20)10-4-5-12(17)11(14)8-10/h4-5,8-9,15,17H,3,6-7,14H2,1-2H3,(H,16,18). The minimum absolute atomic E-state index is 0.00855. The van der Waals surface area contributed by atoms with E-state index in [1.807, 2.05) is 13.8 Å². The number of aromatic hydroxyl groups is 1. The largest absolute Gasteiger partial charge is 0.506 e. The summed E-state index contributed by atoms with van der Waals surface area (Å²) in [5, 5.41) is 12.0. The van der Waals surface area contributed by atoms with E-state index >= 15 is 0 Å². The second-order valence-electron chi connectivity index (χ2n) is 4.75. The third-order valence-electron chi connectivity index (χ3n) is 2.97. The first-order valence-corrected chi connectivity index (χ1v) is 8.12. The number of phenols is 1. The number of benzene rings is 1. The molecule has 0 aliphatic carbocycles. The van der Waals surface area contributed by atoms with Gasteiger partial charge in [-0.05, 0) is 31.5 Å². The predicted molar refractivity (Wildman–Crippen MR) is 80.2 cm³/mol. The fourth-order valence-electron chi connectivity index (χ4n) is 1.53. The Morgan fingerprint density at radius 1 is 1.43 bits per heavy atom. The zero-order chi connectivity index (χ0) is 16.0. The van der Waals surface area contributed by atoms with Gasteiger partial charge >= 0.3 is 0 Å². The van der Waals surface area contributed by atoms with E-state index in [2.05, 4.69) is 10.0 Å². The van der Waals surface area contributed by atoms with Crippen molar-refractivity contribution in [1.29, 1.82) is 0 Å². The van der Waals surface area contributed by atoms with Crippen LogP contribution in [0.2, 0.25) is 0 Å². The topological polar surface area (TPSA) is 122 Å². The van der Waals surface area contributed by atoms with E-state index in [0.29, 0.717) is 0 Å². The monoisotopic (exact) mass is 315 g/mol. The van der Waals surface area contributed by atoms with E-state index in [-0.39, 0.29) is 41.2 Å². The number of rotatable bonds is 7. The number of carbonyl (C=O) groups excluding carboxylic acids is 1. The maximum absolute atomic E-state index is 12.0. The van der Waals surface area contributed by atoms with Crippen molar-refractivity contribution in [2.75, 3.05) is 12.3 Å². The second-order valence-corrected chi connectivity index (χ2v) is 6.51. The minimum atomic E-state index is -3.75. The molecule has 5 N–H and O–H groups in total. The minimum Gasteiger partial charge on any atom is -0.506 e. The van der Waals surface area contributed by atoms with Crippen LogP contribution in [0.3, 0.4) is 0 Å². The summed E-state index contributed by atoms with van der Waals surface area (Å²) in [4.78, 5) is 11.5. The van der Waals surface area contributed by atoms with E-state index in [1.165, 1.54) is 12.1 Å². The fourth-order valence-corrected chi connectivity index (χ4v) is 2.60. The lowest BCUT2D eigenvalue weighted by atomic mass is 10.2. The summed E-state index contributed by atoms with van der Waals surface area (Å²) in [6, 6.07) is 3.68. The summed E-state index contributed by atoms with van der Waals surface area (Å²) in [6.07, 6.45) is 0.862. The van der Waals surface area contributed by atoms with Crippen molar-refractivity contribution in [3.63, 3.8) is 0 Å². The molecule has 7 nitrogen and oxygen atoms in total. The molecule has 0 aromatic heterocycles. The lowest BCUT2D eigenvalue weighted by molar-refractivity contribution is -0.121. The Kier molecular flexibility index (Phi) is 5.98. The molecule has 0 bridgehead atoms. The molecular weight excluding hydrogens is 294 g/mol. The molecule has 1 atom stereocenters. The van der Waals surface area contributed by atoms with Gasteiger partial charge in [0.25, 0.3) is 0 Å². The Hall–Kier alpha value is -1.80. The number of sulfonamides is 1. The molecule has 0 aliphatic rings. The van der Waals surface area contributed by atoms with Crippen LogP contribution in [0.25, 0.3) is 0 Å². The van der Waals surface area contributed by atoms with Gasteiger partial charge in [-0.3, -0.25) is 4.79 Å². The zero-order valence-electron chi connectivity index (χ0n) is 12.1. The number of hydrogen-bond acceptors (Lipinski definition) is 5. The van der Waals surface area contributed by atoms with Gasteiger partial charge < -0.3 is 16.2 Å². The molecule has 0 saturated heterocycles. The van der Waals surface area contributed by atoms with Crippen molar-refractivity contribution in [3.05, 3.63) is 18.2 Å². The van der Waals surface area contributed by atoms with Gasteiger partial charge in [-0.2, -0.15) is 0 Å². The highest BCUT2D eigenvalue weighted by atomic mass is 32.2. The van der Waals surface area contributed by atoms with Crippen molar-refractivity contribution in [2.45, 2.75) is 37.6 Å². The molecule has 1 aromatic carbocycles. The van der Waals surface area contributed by atoms with E-state index in [0.717, 1.165) is 12.5 Å².